The average Bonchev–Trinajstić information content (AvgIpc) is 2.36. The minimum Gasteiger partial charge on any atom is -0.256 e. The number of aromatic nitrogens is 1. The molecule has 0 saturated carbocycles. The lowest BCUT2D eigenvalue weighted by Gasteiger charge is -2.08. The average molecular weight is 241 g/mol. The minimum atomic E-state index is -1.43. The maximum atomic E-state index is 13.6. The Balaban J connectivity index is 2.80. The van der Waals surface area contributed by atoms with Gasteiger partial charge in [0, 0.05) is 11.8 Å². The molecule has 5 heteroatoms. The second kappa shape index (κ2) is 4.16. The Labute approximate surface area is 94.7 Å². The minimum absolute atomic E-state index is 0.152. The van der Waals surface area contributed by atoms with Crippen molar-refractivity contribution in [2.75, 3.05) is 0 Å². The summed E-state index contributed by atoms with van der Waals surface area (Å²) in [6, 6.07) is 4.27. The zero-order chi connectivity index (χ0) is 12.6. The van der Waals surface area contributed by atoms with Gasteiger partial charge in [-0.3, -0.25) is 4.98 Å². The van der Waals surface area contributed by atoms with E-state index >= 15 is 0 Å². The first kappa shape index (κ1) is 11.6. The van der Waals surface area contributed by atoms with Gasteiger partial charge in [0.2, 0.25) is 0 Å². The Morgan fingerprint density at radius 3 is 1.94 bits per heavy atom. The number of rotatable bonds is 1. The molecule has 0 unspecified atom stereocenters. The van der Waals surface area contributed by atoms with Crippen LogP contribution in [-0.2, 0) is 0 Å². The third-order valence-corrected chi connectivity index (χ3v) is 2.40. The van der Waals surface area contributed by atoms with Gasteiger partial charge in [-0.25, -0.2) is 17.6 Å². The van der Waals surface area contributed by atoms with Gasteiger partial charge in [0.25, 0.3) is 0 Å². The molecule has 0 aliphatic carbocycles. The van der Waals surface area contributed by atoms with Crippen molar-refractivity contribution in [2.24, 2.45) is 0 Å². The molecule has 0 N–H and O–H groups in total. The van der Waals surface area contributed by atoms with E-state index in [0.717, 1.165) is 6.92 Å². The fourth-order valence-electron chi connectivity index (χ4n) is 1.48. The Morgan fingerprint density at radius 2 is 1.47 bits per heavy atom. The third-order valence-electron chi connectivity index (χ3n) is 2.40. The molecular weight excluding hydrogens is 234 g/mol. The van der Waals surface area contributed by atoms with Crippen molar-refractivity contribution in [3.05, 3.63) is 53.2 Å². The van der Waals surface area contributed by atoms with Gasteiger partial charge < -0.3 is 0 Å². The van der Waals surface area contributed by atoms with Gasteiger partial charge in [0.15, 0.2) is 23.3 Å². The number of hydrogen-bond donors (Lipinski definition) is 0. The van der Waals surface area contributed by atoms with Crippen molar-refractivity contribution in [1.82, 2.24) is 4.98 Å². The van der Waals surface area contributed by atoms with Crippen LogP contribution < -0.4 is 0 Å². The summed E-state index contributed by atoms with van der Waals surface area (Å²) < 4.78 is 53.8. The van der Waals surface area contributed by atoms with Gasteiger partial charge in [-0.15, -0.1) is 0 Å². The van der Waals surface area contributed by atoms with Crippen molar-refractivity contribution in [3.63, 3.8) is 0 Å². The van der Waals surface area contributed by atoms with E-state index in [-0.39, 0.29) is 5.69 Å². The van der Waals surface area contributed by atoms with E-state index in [2.05, 4.69) is 4.98 Å². The predicted octanol–water partition coefficient (Wildman–Crippen LogP) is 3.61. The molecule has 0 aliphatic heterocycles. The summed E-state index contributed by atoms with van der Waals surface area (Å²) in [7, 11) is 0. The SMILES string of the molecule is Cc1c(F)c(F)c(-c2ccccn2)c(F)c1F. The second-order valence-electron chi connectivity index (χ2n) is 3.47. The molecule has 1 nitrogen and oxygen atoms in total. The molecule has 88 valence electrons. The first-order valence-electron chi connectivity index (χ1n) is 4.78. The number of hydrogen-bond acceptors (Lipinski definition) is 1. The smallest absolute Gasteiger partial charge is 0.171 e. The molecule has 0 bridgehead atoms. The van der Waals surface area contributed by atoms with Gasteiger partial charge in [0.1, 0.15) is 0 Å². The lowest BCUT2D eigenvalue weighted by Crippen LogP contribution is -2.03. The molecular formula is C12H7F4N. The van der Waals surface area contributed by atoms with E-state index in [1.165, 1.54) is 24.4 Å². The van der Waals surface area contributed by atoms with Gasteiger partial charge in [-0.2, -0.15) is 0 Å². The van der Waals surface area contributed by atoms with E-state index in [1.807, 2.05) is 0 Å². The normalized spacial score (nSPS) is 10.6. The molecule has 2 aromatic rings. The van der Waals surface area contributed by atoms with E-state index < -0.39 is 34.4 Å². The van der Waals surface area contributed by atoms with Gasteiger partial charge in [-0.05, 0) is 19.1 Å². The third kappa shape index (κ3) is 1.77. The van der Waals surface area contributed by atoms with Gasteiger partial charge in [0.05, 0.1) is 11.3 Å². The molecule has 0 amide bonds. The predicted molar refractivity (Wildman–Crippen MR) is 54.2 cm³/mol. The molecule has 0 spiro atoms. The van der Waals surface area contributed by atoms with E-state index in [9.17, 15) is 17.6 Å². The molecule has 1 heterocycles. The standard InChI is InChI=1S/C12H7F4N/c1-6-9(13)11(15)8(12(16)10(6)14)7-4-2-3-5-17-7/h2-5H,1H3. The van der Waals surface area contributed by atoms with Crippen LogP contribution in [0.2, 0.25) is 0 Å². The van der Waals surface area contributed by atoms with Crippen molar-refractivity contribution in [1.29, 1.82) is 0 Å². The summed E-state index contributed by atoms with van der Waals surface area (Å²) >= 11 is 0. The van der Waals surface area contributed by atoms with Gasteiger partial charge in [-0.1, -0.05) is 6.07 Å². The lowest BCUT2D eigenvalue weighted by atomic mass is 10.1. The molecule has 0 atom stereocenters. The van der Waals surface area contributed by atoms with Crippen LogP contribution in [0.5, 0.6) is 0 Å². The van der Waals surface area contributed by atoms with Crippen LogP contribution in [-0.4, -0.2) is 4.98 Å². The summed E-state index contributed by atoms with van der Waals surface area (Å²) in [5.41, 5.74) is -1.62. The van der Waals surface area contributed by atoms with Crippen LogP contribution in [0.3, 0.4) is 0 Å². The molecule has 17 heavy (non-hydrogen) atoms. The van der Waals surface area contributed by atoms with Crippen LogP contribution in [0, 0.1) is 30.2 Å². The second-order valence-corrected chi connectivity index (χ2v) is 3.47. The first-order chi connectivity index (χ1) is 8.04. The van der Waals surface area contributed by atoms with Crippen LogP contribution >= 0.6 is 0 Å². The molecule has 1 aromatic carbocycles. The number of halogens is 4. The Kier molecular flexibility index (Phi) is 2.83. The quantitative estimate of drug-likeness (QED) is 0.549. The highest BCUT2D eigenvalue weighted by molar-refractivity contribution is 5.61. The maximum Gasteiger partial charge on any atom is 0.171 e. The fraction of sp³-hybridized carbons (Fsp3) is 0.0833. The number of nitrogens with zero attached hydrogens (tertiary/aromatic N) is 1. The first-order valence-corrected chi connectivity index (χ1v) is 4.78. The fourth-order valence-corrected chi connectivity index (χ4v) is 1.48. The van der Waals surface area contributed by atoms with Crippen molar-refractivity contribution < 1.29 is 17.6 Å². The molecule has 1 aromatic heterocycles. The van der Waals surface area contributed by atoms with E-state index in [0.29, 0.717) is 0 Å². The summed E-state index contributed by atoms with van der Waals surface area (Å²) in [5, 5.41) is 0. The lowest BCUT2D eigenvalue weighted by molar-refractivity contribution is 0.449. The highest BCUT2D eigenvalue weighted by atomic mass is 19.2. The Bertz CT molecular complexity index is 537. The van der Waals surface area contributed by atoms with Crippen LogP contribution in [0.1, 0.15) is 5.56 Å². The Morgan fingerprint density at radius 1 is 0.882 bits per heavy atom. The monoisotopic (exact) mass is 241 g/mol. The summed E-state index contributed by atoms with van der Waals surface area (Å²) in [4.78, 5) is 3.67. The molecule has 0 radical (unpaired) electrons. The van der Waals surface area contributed by atoms with Crippen molar-refractivity contribution >= 4 is 0 Å². The van der Waals surface area contributed by atoms with E-state index in [1.54, 1.807) is 0 Å². The van der Waals surface area contributed by atoms with E-state index in [4.69, 9.17) is 0 Å². The van der Waals surface area contributed by atoms with Crippen molar-refractivity contribution in [3.8, 4) is 11.3 Å². The van der Waals surface area contributed by atoms with Crippen molar-refractivity contribution in [2.45, 2.75) is 6.92 Å². The zero-order valence-electron chi connectivity index (χ0n) is 8.77. The summed E-state index contributed by atoms with van der Waals surface area (Å²) in [5.74, 6) is -5.66. The largest absolute Gasteiger partial charge is 0.256 e. The molecule has 0 fully saturated rings. The zero-order valence-corrected chi connectivity index (χ0v) is 8.77. The van der Waals surface area contributed by atoms with Crippen LogP contribution in [0.25, 0.3) is 11.3 Å². The topological polar surface area (TPSA) is 12.9 Å². The molecule has 0 saturated heterocycles. The van der Waals surface area contributed by atoms with Gasteiger partial charge >= 0.3 is 0 Å². The summed E-state index contributed by atoms with van der Waals surface area (Å²) in [6.45, 7) is 0.971. The highest BCUT2D eigenvalue weighted by Crippen LogP contribution is 2.30. The number of benzene rings is 1. The highest BCUT2D eigenvalue weighted by Gasteiger charge is 2.24. The van der Waals surface area contributed by atoms with Crippen LogP contribution in [0.4, 0.5) is 17.6 Å². The molecule has 0 aliphatic rings. The van der Waals surface area contributed by atoms with Crippen LogP contribution in [0.15, 0.2) is 24.4 Å². The maximum absolute atomic E-state index is 13.6. The molecule has 2 rings (SSSR count). The number of pyridine rings is 1. The summed E-state index contributed by atoms with van der Waals surface area (Å²) in [6.07, 6.45) is 1.28. The Hall–Kier alpha value is -1.91.